The molecule has 0 unspecified atom stereocenters. The predicted molar refractivity (Wildman–Crippen MR) is 47.5 cm³/mol. The van der Waals surface area contributed by atoms with Crippen molar-refractivity contribution in [1.29, 1.82) is 5.26 Å². The second-order valence-electron chi connectivity index (χ2n) is 2.36. The van der Waals surface area contributed by atoms with Gasteiger partial charge in [-0.3, -0.25) is 0 Å². The number of hydrogen-bond donors (Lipinski definition) is 2. The summed E-state index contributed by atoms with van der Waals surface area (Å²) in [5.74, 6) is -0.0882. The number of aromatic nitrogens is 2. The van der Waals surface area contributed by atoms with Gasteiger partial charge < -0.3 is 16.2 Å². The average molecular weight is 195 g/mol. The largest absolute Gasteiger partial charge is 0.476 e. The monoisotopic (exact) mass is 195 g/mol. The molecular weight excluding hydrogens is 186 g/mol. The molecule has 1 aromatic rings. The Bertz CT molecular complexity index is 403. The van der Waals surface area contributed by atoms with Crippen LogP contribution in [-0.2, 0) is 0 Å². The predicted octanol–water partition coefficient (Wildman–Crippen LogP) is -0.338. The van der Waals surface area contributed by atoms with Crippen molar-refractivity contribution in [2.24, 2.45) is 5.73 Å². The number of nitrogen functional groups attached to an aromatic ring is 1. The van der Waals surface area contributed by atoms with Gasteiger partial charge in [-0.05, 0) is 6.92 Å². The van der Waals surface area contributed by atoms with Gasteiger partial charge in [0.15, 0.2) is 11.4 Å². The van der Waals surface area contributed by atoms with Gasteiger partial charge in [0.1, 0.15) is 6.07 Å². The summed E-state index contributed by atoms with van der Waals surface area (Å²) in [4.78, 5) is 10.8. The Morgan fingerprint density at radius 3 is 2.86 bits per heavy atom. The third-order valence-corrected chi connectivity index (χ3v) is 1.49. The second kappa shape index (κ2) is 3.66. The number of nitriles is 1. The fourth-order valence-electron chi connectivity index (χ4n) is 0.921. The lowest BCUT2D eigenvalue weighted by atomic mass is 10.3. The van der Waals surface area contributed by atoms with Crippen molar-refractivity contribution < 1.29 is 9.53 Å². The molecule has 0 fully saturated rings. The van der Waals surface area contributed by atoms with Crippen molar-refractivity contribution >= 4 is 11.8 Å². The lowest BCUT2D eigenvalue weighted by molar-refractivity contribution is 0.246. The maximum Gasteiger partial charge on any atom is 0.341 e. The molecule has 7 heteroatoms. The van der Waals surface area contributed by atoms with Gasteiger partial charge in [0, 0.05) is 0 Å². The molecule has 0 atom stereocenters. The molecular formula is C7H9N5O2. The van der Waals surface area contributed by atoms with E-state index in [0.29, 0.717) is 6.61 Å². The number of ether oxygens (including phenoxy) is 1. The second-order valence-corrected chi connectivity index (χ2v) is 2.36. The standard InChI is InChI=1S/C7H9N5O2/c1-2-14-6-4(3-8)5(9)12(11-6)7(10)13/h2,9H2,1H3,(H2,10,13). The van der Waals surface area contributed by atoms with Gasteiger partial charge in [-0.15, -0.1) is 5.10 Å². The van der Waals surface area contributed by atoms with E-state index in [0.717, 1.165) is 4.68 Å². The highest BCUT2D eigenvalue weighted by atomic mass is 16.5. The number of carbonyl (C=O) groups excluding carboxylic acids is 1. The summed E-state index contributed by atoms with van der Waals surface area (Å²) >= 11 is 0. The molecule has 4 N–H and O–H groups in total. The van der Waals surface area contributed by atoms with Crippen LogP contribution in [0.25, 0.3) is 0 Å². The molecule has 0 aliphatic rings. The van der Waals surface area contributed by atoms with Gasteiger partial charge in [-0.25, -0.2) is 4.79 Å². The van der Waals surface area contributed by atoms with Crippen molar-refractivity contribution in [3.05, 3.63) is 5.56 Å². The Morgan fingerprint density at radius 2 is 2.43 bits per heavy atom. The zero-order valence-corrected chi connectivity index (χ0v) is 7.52. The molecule has 0 saturated heterocycles. The van der Waals surface area contributed by atoms with Crippen molar-refractivity contribution in [3.63, 3.8) is 0 Å². The van der Waals surface area contributed by atoms with Gasteiger partial charge >= 0.3 is 6.03 Å². The summed E-state index contributed by atoms with van der Waals surface area (Å²) in [6.45, 7) is 2.05. The van der Waals surface area contributed by atoms with Crippen molar-refractivity contribution in [2.45, 2.75) is 6.92 Å². The van der Waals surface area contributed by atoms with Gasteiger partial charge in [0.05, 0.1) is 6.61 Å². The molecule has 74 valence electrons. The zero-order chi connectivity index (χ0) is 10.7. The molecule has 0 aliphatic heterocycles. The lowest BCUT2D eigenvalue weighted by Crippen LogP contribution is -2.22. The first kappa shape index (κ1) is 9.85. The summed E-state index contributed by atoms with van der Waals surface area (Å²) in [5, 5.41) is 12.3. The minimum Gasteiger partial charge on any atom is -0.476 e. The quantitative estimate of drug-likeness (QED) is 0.668. The Morgan fingerprint density at radius 1 is 1.79 bits per heavy atom. The normalized spacial score (nSPS) is 9.43. The van der Waals surface area contributed by atoms with Crippen molar-refractivity contribution in [3.8, 4) is 11.9 Å². The molecule has 0 bridgehead atoms. The molecule has 1 amide bonds. The topological polar surface area (TPSA) is 120 Å². The van der Waals surface area contributed by atoms with E-state index >= 15 is 0 Å². The van der Waals surface area contributed by atoms with E-state index in [1.54, 1.807) is 13.0 Å². The number of hydrogen-bond acceptors (Lipinski definition) is 5. The molecule has 0 aromatic carbocycles. The fraction of sp³-hybridized carbons (Fsp3) is 0.286. The summed E-state index contributed by atoms with van der Waals surface area (Å²) in [6.07, 6.45) is 0. The molecule has 0 saturated carbocycles. The molecule has 0 aliphatic carbocycles. The third kappa shape index (κ3) is 1.45. The summed E-state index contributed by atoms with van der Waals surface area (Å²) in [5.41, 5.74) is 10.4. The van der Waals surface area contributed by atoms with Crippen LogP contribution >= 0.6 is 0 Å². The van der Waals surface area contributed by atoms with Gasteiger partial charge in [-0.2, -0.15) is 9.94 Å². The molecule has 1 heterocycles. The van der Waals surface area contributed by atoms with Gasteiger partial charge in [0.2, 0.25) is 0 Å². The number of amides is 1. The van der Waals surface area contributed by atoms with Crippen molar-refractivity contribution in [2.75, 3.05) is 12.3 Å². The van der Waals surface area contributed by atoms with Crippen LogP contribution in [0.4, 0.5) is 10.6 Å². The minimum absolute atomic E-state index is 0.0191. The van der Waals surface area contributed by atoms with Crippen LogP contribution in [-0.4, -0.2) is 22.4 Å². The summed E-state index contributed by atoms with van der Waals surface area (Å²) in [6, 6.07) is 0.926. The van der Waals surface area contributed by atoms with Crippen LogP contribution < -0.4 is 16.2 Å². The molecule has 1 rings (SSSR count). The smallest absolute Gasteiger partial charge is 0.341 e. The number of nitrogens with zero attached hydrogens (tertiary/aromatic N) is 3. The zero-order valence-electron chi connectivity index (χ0n) is 7.52. The highest BCUT2D eigenvalue weighted by Crippen LogP contribution is 2.21. The highest BCUT2D eigenvalue weighted by molar-refractivity contribution is 5.79. The van der Waals surface area contributed by atoms with E-state index in [1.165, 1.54) is 0 Å². The van der Waals surface area contributed by atoms with Crippen LogP contribution in [0.15, 0.2) is 0 Å². The lowest BCUT2D eigenvalue weighted by Gasteiger charge is -1.95. The third-order valence-electron chi connectivity index (χ3n) is 1.49. The van der Waals surface area contributed by atoms with Crippen LogP contribution in [0.2, 0.25) is 0 Å². The molecule has 14 heavy (non-hydrogen) atoms. The van der Waals surface area contributed by atoms with E-state index in [-0.39, 0.29) is 17.3 Å². The maximum absolute atomic E-state index is 10.8. The van der Waals surface area contributed by atoms with E-state index in [9.17, 15) is 4.79 Å². The maximum atomic E-state index is 10.8. The Balaban J connectivity index is 3.26. The van der Waals surface area contributed by atoms with E-state index in [4.69, 9.17) is 21.5 Å². The molecule has 7 nitrogen and oxygen atoms in total. The number of carbonyl (C=O) groups is 1. The number of rotatable bonds is 2. The SMILES string of the molecule is CCOc1nn(C(N)=O)c(N)c1C#N. The van der Waals surface area contributed by atoms with Gasteiger partial charge in [-0.1, -0.05) is 0 Å². The first-order valence-corrected chi connectivity index (χ1v) is 3.83. The Kier molecular flexibility index (Phi) is 2.57. The van der Waals surface area contributed by atoms with E-state index < -0.39 is 6.03 Å². The van der Waals surface area contributed by atoms with Crippen LogP contribution in [0.5, 0.6) is 5.88 Å². The first-order valence-electron chi connectivity index (χ1n) is 3.83. The summed E-state index contributed by atoms with van der Waals surface area (Å²) in [7, 11) is 0. The highest BCUT2D eigenvalue weighted by Gasteiger charge is 2.18. The number of nitrogens with two attached hydrogens (primary N) is 2. The average Bonchev–Trinajstić information content (AvgIpc) is 2.43. The molecule has 0 radical (unpaired) electrons. The Labute approximate surface area is 79.8 Å². The van der Waals surface area contributed by atoms with E-state index in [2.05, 4.69) is 5.10 Å². The molecule has 1 aromatic heterocycles. The van der Waals surface area contributed by atoms with Gasteiger partial charge in [0.25, 0.3) is 5.88 Å². The van der Waals surface area contributed by atoms with Crippen LogP contribution in [0, 0.1) is 11.3 Å². The van der Waals surface area contributed by atoms with Crippen LogP contribution in [0.3, 0.4) is 0 Å². The van der Waals surface area contributed by atoms with Crippen molar-refractivity contribution in [1.82, 2.24) is 9.78 Å². The summed E-state index contributed by atoms with van der Waals surface area (Å²) < 4.78 is 5.72. The first-order chi connectivity index (χ1) is 6.61. The van der Waals surface area contributed by atoms with E-state index in [1.807, 2.05) is 0 Å². The number of primary amides is 1. The Hall–Kier alpha value is -2.23. The molecule has 0 spiro atoms. The van der Waals surface area contributed by atoms with Crippen LogP contribution in [0.1, 0.15) is 12.5 Å². The fourth-order valence-corrected chi connectivity index (χ4v) is 0.921. The minimum atomic E-state index is -0.857. The number of anilines is 1.